The van der Waals surface area contributed by atoms with Crippen LogP contribution in [0.3, 0.4) is 0 Å². The quantitative estimate of drug-likeness (QED) is 0.655. The minimum absolute atomic E-state index is 0.0387. The number of hydrogen-bond donors (Lipinski definition) is 1. The first kappa shape index (κ1) is 12.9. The van der Waals surface area contributed by atoms with Gasteiger partial charge in [-0.15, -0.1) is 16.9 Å². The molecule has 8 heteroatoms. The molecule has 1 aromatic rings. The Morgan fingerprint density at radius 1 is 1.60 bits per heavy atom. The van der Waals surface area contributed by atoms with Crippen LogP contribution in [0.2, 0.25) is 0 Å². The maximum atomic E-state index is 12.0. The van der Waals surface area contributed by atoms with Gasteiger partial charge in [0.15, 0.2) is 0 Å². The van der Waals surface area contributed by atoms with Crippen LogP contribution < -0.4 is 0 Å². The Kier molecular flexibility index (Phi) is 3.09. The third-order valence-electron chi connectivity index (χ3n) is 3.07. The fourth-order valence-corrected chi connectivity index (χ4v) is 3.26. The van der Waals surface area contributed by atoms with Crippen molar-refractivity contribution in [3.63, 3.8) is 0 Å². The Morgan fingerprint density at radius 3 is 3.10 bits per heavy atom. The molecule has 20 heavy (non-hydrogen) atoms. The molecule has 1 fully saturated rings. The summed E-state index contributed by atoms with van der Waals surface area (Å²) >= 11 is 1.32. The van der Waals surface area contributed by atoms with Gasteiger partial charge in [0, 0.05) is 12.0 Å². The van der Waals surface area contributed by atoms with Crippen molar-refractivity contribution in [3.8, 4) is 0 Å². The molecule has 1 N–H and O–H groups in total. The van der Waals surface area contributed by atoms with Gasteiger partial charge in [0.1, 0.15) is 16.8 Å². The molecule has 0 aromatic carbocycles. The monoisotopic (exact) mass is 292 g/mol. The minimum atomic E-state index is -1.08. The van der Waals surface area contributed by atoms with E-state index in [9.17, 15) is 9.59 Å². The molecular weight excluding hydrogens is 280 g/mol. The number of β-lactam (4-membered cyclic amide) rings is 1. The normalized spacial score (nSPS) is 22.8. The standard InChI is InChI=1S/C12H12N4O3S/c1-2-3-15-5-7(13-14-15)4-8-10(17)16-9(12(18)19)6-20-11(8)16/h4-6,11H,2-3H2,1H3,(H,18,19)/b8-4+/t11-/m1/s1. The van der Waals surface area contributed by atoms with E-state index in [2.05, 4.69) is 10.3 Å². The Morgan fingerprint density at radius 2 is 2.40 bits per heavy atom. The van der Waals surface area contributed by atoms with Gasteiger partial charge in [-0.05, 0) is 12.5 Å². The van der Waals surface area contributed by atoms with E-state index in [1.807, 2.05) is 6.92 Å². The predicted molar refractivity (Wildman–Crippen MR) is 72.2 cm³/mol. The van der Waals surface area contributed by atoms with Crippen LogP contribution in [0.4, 0.5) is 0 Å². The maximum Gasteiger partial charge on any atom is 0.353 e. The Hall–Kier alpha value is -2.09. The summed E-state index contributed by atoms with van der Waals surface area (Å²) in [5, 5.41) is 18.2. The second-order valence-corrected chi connectivity index (χ2v) is 5.43. The summed E-state index contributed by atoms with van der Waals surface area (Å²) in [7, 11) is 0. The highest BCUT2D eigenvalue weighted by Gasteiger charge is 2.49. The number of carbonyl (C=O) groups excluding carboxylic acids is 1. The Balaban J connectivity index is 1.78. The number of aromatic nitrogens is 3. The van der Waals surface area contributed by atoms with Crippen LogP contribution in [-0.2, 0) is 16.1 Å². The van der Waals surface area contributed by atoms with Gasteiger partial charge in [0.05, 0.1) is 11.8 Å². The molecule has 7 nitrogen and oxygen atoms in total. The van der Waals surface area contributed by atoms with Gasteiger partial charge in [0.2, 0.25) is 0 Å². The van der Waals surface area contributed by atoms with Gasteiger partial charge in [-0.1, -0.05) is 12.1 Å². The van der Waals surface area contributed by atoms with Crippen LogP contribution in [0, 0.1) is 0 Å². The number of nitrogens with zero attached hydrogens (tertiary/aromatic N) is 4. The fraction of sp³-hybridized carbons (Fsp3) is 0.333. The lowest BCUT2D eigenvalue weighted by molar-refractivity contribution is -0.141. The van der Waals surface area contributed by atoms with Crippen LogP contribution >= 0.6 is 11.8 Å². The molecule has 0 bridgehead atoms. The molecule has 0 radical (unpaired) electrons. The number of carboxylic acid groups (broad SMARTS) is 1. The second kappa shape index (κ2) is 4.78. The van der Waals surface area contributed by atoms with E-state index in [1.165, 1.54) is 22.1 Å². The summed E-state index contributed by atoms with van der Waals surface area (Å²) in [6, 6.07) is 0. The zero-order valence-electron chi connectivity index (χ0n) is 10.7. The molecule has 0 spiro atoms. The molecule has 0 aliphatic carbocycles. The molecule has 0 unspecified atom stereocenters. The van der Waals surface area contributed by atoms with Gasteiger partial charge in [0.25, 0.3) is 5.91 Å². The van der Waals surface area contributed by atoms with E-state index < -0.39 is 5.97 Å². The molecule has 104 valence electrons. The number of rotatable bonds is 4. The summed E-state index contributed by atoms with van der Waals surface area (Å²) in [5.41, 5.74) is 1.22. The Labute approximate surface area is 118 Å². The van der Waals surface area contributed by atoms with E-state index in [4.69, 9.17) is 5.11 Å². The number of fused-ring (bicyclic) bond motifs is 1. The highest BCUT2D eigenvalue weighted by molar-refractivity contribution is 8.03. The number of aryl methyl sites for hydroxylation is 1. The number of carbonyl (C=O) groups is 2. The van der Waals surface area contributed by atoms with Crippen LogP contribution in [0.25, 0.3) is 6.08 Å². The predicted octanol–water partition coefficient (Wildman–Crippen LogP) is 0.913. The zero-order chi connectivity index (χ0) is 14.3. The van der Waals surface area contributed by atoms with E-state index in [0.29, 0.717) is 11.3 Å². The Bertz CT molecular complexity index is 649. The van der Waals surface area contributed by atoms with E-state index in [1.54, 1.807) is 17.0 Å². The SMILES string of the molecule is CCCn1cc(/C=C2\C(=O)N3C(C(=O)O)=CS[C@H]23)nn1. The van der Waals surface area contributed by atoms with Gasteiger partial charge in [-0.3, -0.25) is 14.4 Å². The summed E-state index contributed by atoms with van der Waals surface area (Å²) < 4.78 is 1.72. The summed E-state index contributed by atoms with van der Waals surface area (Å²) in [6.07, 6.45) is 4.41. The van der Waals surface area contributed by atoms with Crippen molar-refractivity contribution in [2.24, 2.45) is 0 Å². The number of carboxylic acids is 1. The highest BCUT2D eigenvalue weighted by Crippen LogP contribution is 2.44. The molecule has 2 aliphatic rings. The number of aliphatic carboxylic acids is 1. The minimum Gasteiger partial charge on any atom is -0.477 e. The van der Waals surface area contributed by atoms with Crippen molar-refractivity contribution in [2.75, 3.05) is 0 Å². The van der Waals surface area contributed by atoms with Gasteiger partial charge in [-0.25, -0.2) is 4.79 Å². The van der Waals surface area contributed by atoms with Gasteiger partial charge >= 0.3 is 5.97 Å². The summed E-state index contributed by atoms with van der Waals surface area (Å²) in [4.78, 5) is 24.2. The summed E-state index contributed by atoms with van der Waals surface area (Å²) in [6.45, 7) is 2.82. The molecule has 0 saturated carbocycles. The topological polar surface area (TPSA) is 88.3 Å². The average molecular weight is 292 g/mol. The number of thioether (sulfide) groups is 1. The smallest absolute Gasteiger partial charge is 0.353 e. The molecule has 1 saturated heterocycles. The van der Waals surface area contributed by atoms with Crippen molar-refractivity contribution in [1.29, 1.82) is 0 Å². The van der Waals surface area contributed by atoms with Crippen LogP contribution in [-0.4, -0.2) is 42.3 Å². The van der Waals surface area contributed by atoms with Crippen LogP contribution in [0.15, 0.2) is 22.9 Å². The highest BCUT2D eigenvalue weighted by atomic mass is 32.2. The van der Waals surface area contributed by atoms with E-state index in [0.717, 1.165) is 13.0 Å². The fourth-order valence-electron chi connectivity index (χ4n) is 2.14. The lowest BCUT2D eigenvalue weighted by atomic mass is 10.0. The molecule has 1 atom stereocenters. The third-order valence-corrected chi connectivity index (χ3v) is 4.15. The van der Waals surface area contributed by atoms with Crippen molar-refractivity contribution < 1.29 is 14.7 Å². The molecule has 2 aliphatic heterocycles. The lowest BCUT2D eigenvalue weighted by Crippen LogP contribution is -2.51. The average Bonchev–Trinajstić information content (AvgIpc) is 3.00. The van der Waals surface area contributed by atoms with E-state index in [-0.39, 0.29) is 17.0 Å². The first-order chi connectivity index (χ1) is 9.61. The van der Waals surface area contributed by atoms with Crippen molar-refractivity contribution in [2.45, 2.75) is 25.3 Å². The summed E-state index contributed by atoms with van der Waals surface area (Å²) in [5.74, 6) is -1.36. The molecular formula is C12H12N4O3S. The van der Waals surface area contributed by atoms with Crippen molar-refractivity contribution in [1.82, 2.24) is 19.9 Å². The molecule has 3 heterocycles. The number of amides is 1. The maximum absolute atomic E-state index is 12.0. The largest absolute Gasteiger partial charge is 0.477 e. The first-order valence-corrected chi connectivity index (χ1v) is 7.10. The first-order valence-electron chi connectivity index (χ1n) is 6.16. The second-order valence-electron chi connectivity index (χ2n) is 4.48. The lowest BCUT2D eigenvalue weighted by Gasteiger charge is -2.36. The van der Waals surface area contributed by atoms with Crippen LogP contribution in [0.1, 0.15) is 19.0 Å². The molecule has 1 amide bonds. The molecule has 1 aromatic heterocycles. The zero-order valence-corrected chi connectivity index (χ0v) is 11.5. The van der Waals surface area contributed by atoms with E-state index >= 15 is 0 Å². The van der Waals surface area contributed by atoms with Crippen molar-refractivity contribution in [3.05, 3.63) is 28.6 Å². The number of hydrogen-bond acceptors (Lipinski definition) is 5. The van der Waals surface area contributed by atoms with Crippen molar-refractivity contribution >= 4 is 29.7 Å². The van der Waals surface area contributed by atoms with Crippen LogP contribution in [0.5, 0.6) is 0 Å². The van der Waals surface area contributed by atoms with Gasteiger partial charge in [-0.2, -0.15) is 0 Å². The third kappa shape index (κ3) is 1.92. The van der Waals surface area contributed by atoms with Gasteiger partial charge < -0.3 is 5.11 Å². The molecule has 3 rings (SSSR count).